The number of nitrogens with one attached hydrogen (secondary N) is 2. The van der Waals surface area contributed by atoms with Crippen LogP contribution in [0.3, 0.4) is 0 Å². The number of halogens is 1. The third kappa shape index (κ3) is 6.63. The van der Waals surface area contributed by atoms with Crippen molar-refractivity contribution in [3.05, 3.63) is 65.5 Å². The molecule has 0 aliphatic carbocycles. The van der Waals surface area contributed by atoms with Gasteiger partial charge in [-0.15, -0.1) is 0 Å². The van der Waals surface area contributed by atoms with Crippen LogP contribution in [0.4, 0.5) is 10.2 Å². The first-order valence-electron chi connectivity index (χ1n) is 10.5. The summed E-state index contributed by atoms with van der Waals surface area (Å²) in [6.45, 7) is 1.76. The molecule has 32 heavy (non-hydrogen) atoms. The highest BCUT2D eigenvalue weighted by Gasteiger charge is 2.10. The van der Waals surface area contributed by atoms with Crippen LogP contribution in [0.1, 0.15) is 17.5 Å². The monoisotopic (exact) mass is 440 g/mol. The van der Waals surface area contributed by atoms with Crippen molar-refractivity contribution in [2.24, 2.45) is 0 Å². The van der Waals surface area contributed by atoms with Gasteiger partial charge in [0.25, 0.3) is 0 Å². The number of ether oxygens (including phenoxy) is 2. The summed E-state index contributed by atoms with van der Waals surface area (Å²) >= 11 is 0. The number of aliphatic hydroxyl groups is 1. The molecule has 1 aromatic heterocycles. The number of hydrogen-bond acceptors (Lipinski definition) is 7. The first-order valence-corrected chi connectivity index (χ1v) is 10.5. The molecule has 0 aliphatic heterocycles. The van der Waals surface area contributed by atoms with Crippen LogP contribution < -0.4 is 20.1 Å². The van der Waals surface area contributed by atoms with Gasteiger partial charge in [0.2, 0.25) is 0 Å². The molecule has 3 rings (SSSR count). The molecular weight excluding hydrogens is 411 g/mol. The summed E-state index contributed by atoms with van der Waals surface area (Å²) in [5.74, 6) is 1.17. The fourth-order valence-corrected chi connectivity index (χ4v) is 3.18. The highest BCUT2D eigenvalue weighted by Crippen LogP contribution is 2.24. The summed E-state index contributed by atoms with van der Waals surface area (Å²) in [5.41, 5.74) is 3.12. The zero-order valence-corrected chi connectivity index (χ0v) is 18.4. The predicted molar refractivity (Wildman–Crippen MR) is 123 cm³/mol. The predicted octanol–water partition coefficient (Wildman–Crippen LogP) is 3.43. The number of anilines is 1. The molecule has 0 amide bonds. The highest BCUT2D eigenvalue weighted by atomic mass is 19.1. The van der Waals surface area contributed by atoms with Crippen molar-refractivity contribution >= 4 is 5.82 Å². The minimum atomic E-state index is -0.288. The molecule has 0 aliphatic rings. The van der Waals surface area contributed by atoms with E-state index in [1.807, 2.05) is 30.3 Å². The Kier molecular flexibility index (Phi) is 8.77. The van der Waals surface area contributed by atoms with E-state index in [0.29, 0.717) is 43.1 Å². The molecule has 0 unspecified atom stereocenters. The van der Waals surface area contributed by atoms with Gasteiger partial charge in [-0.3, -0.25) is 0 Å². The molecule has 0 saturated heterocycles. The molecule has 3 aromatic rings. The van der Waals surface area contributed by atoms with Crippen molar-refractivity contribution in [1.29, 1.82) is 0 Å². The first-order chi connectivity index (χ1) is 15.6. The van der Waals surface area contributed by atoms with Gasteiger partial charge >= 0.3 is 6.01 Å². The van der Waals surface area contributed by atoms with Crippen molar-refractivity contribution in [1.82, 2.24) is 15.3 Å². The number of hydrogen-bond donors (Lipinski definition) is 3. The third-order valence-electron chi connectivity index (χ3n) is 4.94. The van der Waals surface area contributed by atoms with Gasteiger partial charge in [0, 0.05) is 36.9 Å². The second kappa shape index (κ2) is 12.0. The Labute approximate surface area is 187 Å². The molecule has 170 valence electrons. The molecule has 0 saturated carbocycles. The van der Waals surface area contributed by atoms with Crippen molar-refractivity contribution < 1.29 is 19.0 Å². The van der Waals surface area contributed by atoms with Crippen LogP contribution in [0, 0.1) is 5.82 Å². The number of benzene rings is 2. The van der Waals surface area contributed by atoms with Crippen molar-refractivity contribution in [2.75, 3.05) is 39.2 Å². The fraction of sp³-hybridized carbons (Fsp3) is 0.333. The molecule has 7 nitrogen and oxygen atoms in total. The second-order valence-electron chi connectivity index (χ2n) is 7.21. The molecule has 0 radical (unpaired) electrons. The van der Waals surface area contributed by atoms with Crippen LogP contribution >= 0.6 is 0 Å². The molecule has 0 atom stereocenters. The Morgan fingerprint density at radius 1 is 0.969 bits per heavy atom. The van der Waals surface area contributed by atoms with Crippen molar-refractivity contribution in [3.63, 3.8) is 0 Å². The molecule has 0 fully saturated rings. The lowest BCUT2D eigenvalue weighted by Gasteiger charge is -2.11. The number of nitrogens with zero attached hydrogens (tertiary/aromatic N) is 2. The Bertz CT molecular complexity index is 999. The maximum atomic E-state index is 14.2. The standard InChI is InChI=1S/C24H29FN4O3/c1-31-20-7-4-17(5-8-20)10-12-27-23-15-22(28-24(29-23)32-2)18-6-9-21(25)19(14-18)16-26-11-3-13-30/h4-9,14-15,26,30H,3,10-13,16H2,1-2H3,(H,27,28,29). The quantitative estimate of drug-likeness (QED) is 0.372. The van der Waals surface area contributed by atoms with Crippen molar-refractivity contribution in [2.45, 2.75) is 19.4 Å². The van der Waals surface area contributed by atoms with Crippen LogP contribution in [0.5, 0.6) is 11.8 Å². The summed E-state index contributed by atoms with van der Waals surface area (Å²) in [6.07, 6.45) is 1.43. The first kappa shape index (κ1) is 23.4. The maximum Gasteiger partial charge on any atom is 0.318 e. The van der Waals surface area contributed by atoms with Crippen LogP contribution in [0.15, 0.2) is 48.5 Å². The van der Waals surface area contributed by atoms with Crippen LogP contribution in [0.2, 0.25) is 0 Å². The van der Waals surface area contributed by atoms with E-state index in [1.54, 1.807) is 19.2 Å². The molecular formula is C24H29FN4O3. The van der Waals surface area contributed by atoms with E-state index >= 15 is 0 Å². The van der Waals surface area contributed by atoms with Gasteiger partial charge < -0.3 is 25.2 Å². The van der Waals surface area contributed by atoms with E-state index in [2.05, 4.69) is 20.6 Å². The number of rotatable bonds is 12. The van der Waals surface area contributed by atoms with E-state index < -0.39 is 0 Å². The Morgan fingerprint density at radius 3 is 2.50 bits per heavy atom. The average Bonchev–Trinajstić information content (AvgIpc) is 2.83. The maximum absolute atomic E-state index is 14.2. The zero-order chi connectivity index (χ0) is 22.8. The largest absolute Gasteiger partial charge is 0.497 e. The molecule has 0 spiro atoms. The van der Waals surface area contributed by atoms with E-state index in [-0.39, 0.29) is 18.4 Å². The molecule has 8 heteroatoms. The average molecular weight is 441 g/mol. The molecule has 0 bridgehead atoms. The lowest BCUT2D eigenvalue weighted by atomic mass is 10.1. The van der Waals surface area contributed by atoms with Gasteiger partial charge in [-0.25, -0.2) is 4.39 Å². The van der Waals surface area contributed by atoms with Crippen LogP contribution in [-0.2, 0) is 13.0 Å². The second-order valence-corrected chi connectivity index (χ2v) is 7.21. The van der Waals surface area contributed by atoms with Gasteiger partial charge in [0.1, 0.15) is 17.4 Å². The van der Waals surface area contributed by atoms with Gasteiger partial charge in [-0.2, -0.15) is 9.97 Å². The molecule has 3 N–H and O–H groups in total. The Balaban J connectivity index is 1.71. The SMILES string of the molecule is COc1ccc(CCNc2cc(-c3ccc(F)c(CNCCCO)c3)nc(OC)n2)cc1. The van der Waals surface area contributed by atoms with Crippen LogP contribution in [0.25, 0.3) is 11.3 Å². The summed E-state index contributed by atoms with van der Waals surface area (Å²) in [6, 6.07) is 14.9. The lowest BCUT2D eigenvalue weighted by Crippen LogP contribution is -2.16. The third-order valence-corrected chi connectivity index (χ3v) is 4.94. The van der Waals surface area contributed by atoms with E-state index in [9.17, 15) is 4.39 Å². The smallest absolute Gasteiger partial charge is 0.318 e. The van der Waals surface area contributed by atoms with E-state index in [4.69, 9.17) is 14.6 Å². The molecule has 2 aromatic carbocycles. The van der Waals surface area contributed by atoms with Gasteiger partial charge in [-0.1, -0.05) is 12.1 Å². The lowest BCUT2D eigenvalue weighted by molar-refractivity contribution is 0.286. The minimum Gasteiger partial charge on any atom is -0.497 e. The number of aromatic nitrogens is 2. The minimum absolute atomic E-state index is 0.102. The highest BCUT2D eigenvalue weighted by molar-refractivity contribution is 5.64. The molecule has 1 heterocycles. The summed E-state index contributed by atoms with van der Waals surface area (Å²) in [7, 11) is 3.16. The Hall–Kier alpha value is -3.23. The van der Waals surface area contributed by atoms with E-state index in [0.717, 1.165) is 17.7 Å². The summed E-state index contributed by atoms with van der Waals surface area (Å²) in [4.78, 5) is 8.80. The fourth-order valence-electron chi connectivity index (χ4n) is 3.18. The number of methoxy groups -OCH3 is 2. The topological polar surface area (TPSA) is 88.5 Å². The van der Waals surface area contributed by atoms with Gasteiger partial charge in [0.05, 0.1) is 19.9 Å². The normalized spacial score (nSPS) is 10.8. The number of aliphatic hydroxyl groups excluding tert-OH is 1. The summed E-state index contributed by atoms with van der Waals surface area (Å²) in [5, 5.41) is 15.3. The van der Waals surface area contributed by atoms with E-state index in [1.165, 1.54) is 18.7 Å². The van der Waals surface area contributed by atoms with Crippen molar-refractivity contribution in [3.8, 4) is 23.0 Å². The summed E-state index contributed by atoms with van der Waals surface area (Å²) < 4.78 is 24.7. The Morgan fingerprint density at radius 2 is 1.78 bits per heavy atom. The zero-order valence-electron chi connectivity index (χ0n) is 18.4. The van der Waals surface area contributed by atoms with Gasteiger partial charge in [-0.05, 0) is 55.3 Å². The van der Waals surface area contributed by atoms with Crippen LogP contribution in [-0.4, -0.2) is 49.0 Å². The van der Waals surface area contributed by atoms with Gasteiger partial charge in [0.15, 0.2) is 0 Å².